The number of likely N-dealkylation sites (tertiary alicyclic amines) is 1. The topological polar surface area (TPSA) is 31.7 Å². The van der Waals surface area contributed by atoms with Gasteiger partial charge in [0.15, 0.2) is 0 Å². The maximum atomic E-state index is 13.2. The van der Waals surface area contributed by atoms with E-state index in [9.17, 15) is 4.79 Å². The molecule has 35 heavy (non-hydrogen) atoms. The first-order valence-corrected chi connectivity index (χ1v) is 13.5. The minimum absolute atomic E-state index is 0.226. The monoisotopic (exact) mass is 492 g/mol. The molecule has 5 rings (SSSR count). The molecule has 0 bridgehead atoms. The summed E-state index contributed by atoms with van der Waals surface area (Å²) in [4.78, 5) is 19.8. The van der Waals surface area contributed by atoms with Crippen LogP contribution >= 0.6 is 11.6 Å². The Labute approximate surface area is 213 Å². The fraction of sp³-hybridized carbons (Fsp3) is 0.483. The number of allylic oxidation sites excluding steroid dienone is 2. The molecular weight excluding hydrogens is 456 g/mol. The second kappa shape index (κ2) is 10.6. The highest BCUT2D eigenvalue weighted by atomic mass is 35.5. The Morgan fingerprint density at radius 3 is 2.31 bits per heavy atom. The third kappa shape index (κ3) is 5.22. The number of aromatic nitrogens is 1. The van der Waals surface area contributed by atoms with Gasteiger partial charge in [0.05, 0.1) is 0 Å². The van der Waals surface area contributed by atoms with Crippen molar-refractivity contribution in [2.75, 3.05) is 39.3 Å². The first-order valence-electron chi connectivity index (χ1n) is 13.1. The third-order valence-electron chi connectivity index (χ3n) is 7.81. The van der Waals surface area contributed by atoms with Crippen LogP contribution in [0.15, 0.2) is 42.6 Å². The van der Waals surface area contributed by atoms with Crippen LogP contribution in [0.3, 0.4) is 0 Å². The van der Waals surface area contributed by atoms with Crippen molar-refractivity contribution in [3.63, 3.8) is 0 Å². The van der Waals surface area contributed by atoms with Crippen molar-refractivity contribution in [3.05, 3.63) is 63.8 Å². The van der Waals surface area contributed by atoms with Gasteiger partial charge in [-0.25, -0.2) is 4.79 Å². The van der Waals surface area contributed by atoms with Gasteiger partial charge >= 0.3 is 6.03 Å². The molecule has 0 atom stereocenters. The second-order valence-electron chi connectivity index (χ2n) is 10.3. The summed E-state index contributed by atoms with van der Waals surface area (Å²) in [6.07, 6.45) is 15.5. The van der Waals surface area contributed by atoms with Gasteiger partial charge in [0.2, 0.25) is 0 Å². The number of fused-ring (bicyclic) bond motifs is 1. The Balaban J connectivity index is 1.34. The first kappa shape index (κ1) is 24.2. The summed E-state index contributed by atoms with van der Waals surface area (Å²) < 4.78 is 2.32. The summed E-state index contributed by atoms with van der Waals surface area (Å²) in [5.41, 5.74) is 2.54. The molecule has 3 aliphatic rings. The molecule has 0 saturated carbocycles. The van der Waals surface area contributed by atoms with Crippen LogP contribution in [0.4, 0.5) is 4.79 Å². The fourth-order valence-corrected chi connectivity index (χ4v) is 5.80. The number of halogens is 1. The molecule has 0 unspecified atom stereocenters. The van der Waals surface area contributed by atoms with E-state index in [2.05, 4.69) is 75.7 Å². The molecule has 1 aliphatic carbocycles. The Bertz CT molecular complexity index is 1180. The van der Waals surface area contributed by atoms with Crippen LogP contribution < -0.4 is 10.6 Å². The number of piperazine rings is 1. The lowest BCUT2D eigenvalue weighted by Gasteiger charge is -2.40. The largest absolute Gasteiger partial charge is 0.325 e. The fourth-order valence-electron chi connectivity index (χ4n) is 5.67. The van der Waals surface area contributed by atoms with Crippen molar-refractivity contribution in [3.8, 4) is 5.69 Å². The summed E-state index contributed by atoms with van der Waals surface area (Å²) in [7, 11) is 0. The summed E-state index contributed by atoms with van der Waals surface area (Å²) in [6, 6.07) is 8.88. The molecule has 186 valence electrons. The lowest BCUT2D eigenvalue weighted by molar-refractivity contribution is 0.0932. The molecule has 2 fully saturated rings. The zero-order chi connectivity index (χ0) is 24.4. The quantitative estimate of drug-likeness (QED) is 0.637. The molecule has 2 aromatic rings. The maximum absolute atomic E-state index is 13.2. The van der Waals surface area contributed by atoms with Crippen LogP contribution in [0.25, 0.3) is 17.8 Å². The third-order valence-corrected chi connectivity index (χ3v) is 8.06. The number of nitrogens with zero attached hydrogens (tertiary/aromatic N) is 4. The number of piperidine rings is 1. The van der Waals surface area contributed by atoms with Crippen LogP contribution in [0, 0.1) is 0 Å². The summed E-state index contributed by atoms with van der Waals surface area (Å²) in [6.45, 7) is 9.75. The highest BCUT2D eigenvalue weighted by Gasteiger charge is 2.30. The molecule has 0 spiro atoms. The number of rotatable bonds is 3. The van der Waals surface area contributed by atoms with Gasteiger partial charge in [-0.3, -0.25) is 4.90 Å². The van der Waals surface area contributed by atoms with Crippen LogP contribution in [0.1, 0.15) is 51.0 Å². The van der Waals surface area contributed by atoms with Gasteiger partial charge in [-0.1, -0.05) is 35.9 Å². The Kier molecular flexibility index (Phi) is 7.35. The normalized spacial score (nSPS) is 19.7. The summed E-state index contributed by atoms with van der Waals surface area (Å²) in [5, 5.41) is 3.35. The number of benzene rings is 1. The SMILES string of the molecule is CC(C)N1CCN(C(=O)N2CCC(c3cn(-c4ccc(Cl)cc4)c4c3=CC=CCCC=4)CC2)CC1. The molecule has 6 heteroatoms. The van der Waals surface area contributed by atoms with E-state index in [1.54, 1.807) is 0 Å². The second-order valence-corrected chi connectivity index (χ2v) is 10.7. The Morgan fingerprint density at radius 1 is 0.943 bits per heavy atom. The number of amides is 2. The van der Waals surface area contributed by atoms with E-state index in [-0.39, 0.29) is 6.03 Å². The lowest BCUT2D eigenvalue weighted by atomic mass is 9.90. The Morgan fingerprint density at radius 2 is 1.63 bits per heavy atom. The van der Waals surface area contributed by atoms with E-state index in [1.165, 1.54) is 16.1 Å². The lowest BCUT2D eigenvalue weighted by Crippen LogP contribution is -2.55. The maximum Gasteiger partial charge on any atom is 0.320 e. The average molecular weight is 493 g/mol. The van der Waals surface area contributed by atoms with Gasteiger partial charge in [-0.15, -0.1) is 0 Å². The molecule has 2 aliphatic heterocycles. The molecule has 3 heterocycles. The van der Waals surface area contributed by atoms with Crippen LogP contribution in [0.5, 0.6) is 0 Å². The zero-order valence-corrected chi connectivity index (χ0v) is 21.8. The minimum Gasteiger partial charge on any atom is -0.325 e. The molecule has 1 aromatic heterocycles. The average Bonchev–Trinajstić information content (AvgIpc) is 3.21. The molecular formula is C29H37ClN4O. The van der Waals surface area contributed by atoms with Gasteiger partial charge in [-0.05, 0) is 75.3 Å². The van der Waals surface area contributed by atoms with Gasteiger partial charge in [0.1, 0.15) is 0 Å². The van der Waals surface area contributed by atoms with Crippen LogP contribution in [0.2, 0.25) is 5.02 Å². The number of urea groups is 1. The van der Waals surface area contributed by atoms with Crippen molar-refractivity contribution >= 4 is 29.8 Å². The number of carbonyl (C=O) groups is 1. The van der Waals surface area contributed by atoms with Crippen molar-refractivity contribution in [2.45, 2.75) is 51.5 Å². The van der Waals surface area contributed by atoms with Gasteiger partial charge < -0.3 is 14.4 Å². The van der Waals surface area contributed by atoms with Crippen molar-refractivity contribution in [1.82, 2.24) is 19.3 Å². The standard InChI is InChI=1S/C29H37ClN4O/c1-22(2)31-17-19-33(20-18-31)29(35)32-15-13-23(14-16-32)27-21-34(25-11-9-24(30)10-12-25)28-8-6-4-3-5-7-26(27)28/h3,5,7-12,21-23H,4,6,13-20H2,1-2H3. The van der Waals surface area contributed by atoms with Gasteiger partial charge in [0, 0.05) is 72.8 Å². The van der Waals surface area contributed by atoms with E-state index in [1.807, 2.05) is 12.1 Å². The first-order chi connectivity index (χ1) is 17.0. The van der Waals surface area contributed by atoms with Crippen molar-refractivity contribution in [1.29, 1.82) is 0 Å². The molecule has 0 N–H and O–H groups in total. The van der Waals surface area contributed by atoms with E-state index < -0.39 is 0 Å². The smallest absolute Gasteiger partial charge is 0.320 e. The minimum atomic E-state index is 0.226. The highest BCUT2D eigenvalue weighted by molar-refractivity contribution is 6.30. The van der Waals surface area contributed by atoms with Crippen LogP contribution in [-0.4, -0.2) is 70.6 Å². The molecule has 0 radical (unpaired) electrons. The van der Waals surface area contributed by atoms with Crippen molar-refractivity contribution in [2.24, 2.45) is 0 Å². The Hall–Kier alpha value is -2.50. The highest BCUT2D eigenvalue weighted by Crippen LogP contribution is 2.27. The number of carbonyl (C=O) groups excluding carboxylic acids is 1. The zero-order valence-electron chi connectivity index (χ0n) is 21.0. The van der Waals surface area contributed by atoms with Gasteiger partial charge in [-0.2, -0.15) is 0 Å². The summed E-state index contributed by atoms with van der Waals surface area (Å²) in [5.74, 6) is 0.455. The van der Waals surface area contributed by atoms with E-state index in [0.717, 1.165) is 75.7 Å². The molecule has 5 nitrogen and oxygen atoms in total. The van der Waals surface area contributed by atoms with E-state index in [0.29, 0.717) is 12.0 Å². The molecule has 1 aromatic carbocycles. The predicted molar refractivity (Wildman–Crippen MR) is 145 cm³/mol. The number of hydrogen-bond donors (Lipinski definition) is 0. The number of hydrogen-bond acceptors (Lipinski definition) is 2. The van der Waals surface area contributed by atoms with Gasteiger partial charge in [0.25, 0.3) is 0 Å². The van der Waals surface area contributed by atoms with Crippen molar-refractivity contribution < 1.29 is 4.79 Å². The molecule has 2 amide bonds. The van der Waals surface area contributed by atoms with E-state index in [4.69, 9.17) is 11.6 Å². The van der Waals surface area contributed by atoms with Crippen LogP contribution in [-0.2, 0) is 0 Å². The molecule has 2 saturated heterocycles. The van der Waals surface area contributed by atoms with E-state index >= 15 is 0 Å². The summed E-state index contributed by atoms with van der Waals surface area (Å²) >= 11 is 6.16. The predicted octanol–water partition coefficient (Wildman–Crippen LogP) is 4.37.